The van der Waals surface area contributed by atoms with Crippen LogP contribution in [-0.4, -0.2) is 36.4 Å². The van der Waals surface area contributed by atoms with Crippen LogP contribution in [0.15, 0.2) is 24.3 Å². The van der Waals surface area contributed by atoms with Crippen molar-refractivity contribution in [1.82, 2.24) is 9.97 Å². The van der Waals surface area contributed by atoms with Gasteiger partial charge in [-0.1, -0.05) is 23.7 Å². The number of alkyl halides is 3. The maximum atomic E-state index is 12.7. The zero-order valence-electron chi connectivity index (χ0n) is 13.2. The van der Waals surface area contributed by atoms with Crippen LogP contribution in [-0.2, 0) is 16.6 Å². The molecular weight excluding hydrogens is 415 g/mol. The average Bonchev–Trinajstić information content (AvgIpc) is 2.62. The molecule has 0 aliphatic heterocycles. The number of methoxy groups -OCH3 is 1. The number of sulfonamides is 1. The van der Waals surface area contributed by atoms with Crippen LogP contribution in [0.5, 0.6) is 5.88 Å². The monoisotopic (exact) mass is 427 g/mol. The molecule has 0 amide bonds. The molecule has 26 heavy (non-hydrogen) atoms. The number of anilines is 1. The van der Waals surface area contributed by atoms with Gasteiger partial charge in [0.2, 0.25) is 5.88 Å². The maximum Gasteiger partial charge on any atom is 0.355 e. The number of nitrogens with zero attached hydrogens (tertiary/aromatic N) is 2. The molecule has 1 aromatic carbocycles. The summed E-state index contributed by atoms with van der Waals surface area (Å²) < 4.78 is 55.1. The Morgan fingerprint density at radius 3 is 2.62 bits per heavy atom. The SMILES string of the molecule is COc1cc(CO)nc(C(Cl)c2cccc(Cl)c2NS(=O)(=O)C(F)F)n1. The van der Waals surface area contributed by atoms with Crippen molar-refractivity contribution in [1.29, 1.82) is 0 Å². The molecule has 0 spiro atoms. The summed E-state index contributed by atoms with van der Waals surface area (Å²) in [7, 11) is -3.62. The second-order valence-electron chi connectivity index (χ2n) is 4.89. The molecule has 7 nitrogen and oxygen atoms in total. The van der Waals surface area contributed by atoms with Gasteiger partial charge in [-0.15, -0.1) is 11.6 Å². The third-order valence-electron chi connectivity index (χ3n) is 3.17. The molecule has 0 radical (unpaired) electrons. The average molecular weight is 428 g/mol. The number of ether oxygens (including phenoxy) is 1. The van der Waals surface area contributed by atoms with Crippen molar-refractivity contribution in [2.45, 2.75) is 17.7 Å². The molecule has 0 aliphatic rings. The van der Waals surface area contributed by atoms with Crippen molar-refractivity contribution < 1.29 is 27.0 Å². The van der Waals surface area contributed by atoms with Gasteiger partial charge in [-0.05, 0) is 6.07 Å². The minimum absolute atomic E-state index is 0.0326. The molecule has 0 fully saturated rings. The van der Waals surface area contributed by atoms with Crippen molar-refractivity contribution in [3.8, 4) is 5.88 Å². The maximum absolute atomic E-state index is 12.7. The van der Waals surface area contributed by atoms with E-state index in [1.165, 1.54) is 31.4 Å². The largest absolute Gasteiger partial charge is 0.481 e. The first-order valence-electron chi connectivity index (χ1n) is 6.94. The van der Waals surface area contributed by atoms with Crippen LogP contribution >= 0.6 is 23.2 Å². The minimum Gasteiger partial charge on any atom is -0.481 e. The van der Waals surface area contributed by atoms with Crippen LogP contribution < -0.4 is 9.46 Å². The van der Waals surface area contributed by atoms with Crippen LogP contribution in [0.1, 0.15) is 22.5 Å². The molecule has 2 aromatic rings. The first kappa shape index (κ1) is 20.6. The molecule has 0 bridgehead atoms. The van der Waals surface area contributed by atoms with Gasteiger partial charge in [-0.25, -0.2) is 13.4 Å². The topological polar surface area (TPSA) is 101 Å². The molecule has 0 aliphatic carbocycles. The first-order valence-corrected chi connectivity index (χ1v) is 9.30. The Morgan fingerprint density at radius 2 is 2.04 bits per heavy atom. The first-order chi connectivity index (χ1) is 12.2. The Balaban J connectivity index is 2.54. The summed E-state index contributed by atoms with van der Waals surface area (Å²) in [6, 6.07) is 5.53. The lowest BCUT2D eigenvalue weighted by Gasteiger charge is -2.17. The van der Waals surface area contributed by atoms with Crippen LogP contribution in [0.2, 0.25) is 5.02 Å². The highest BCUT2D eigenvalue weighted by Gasteiger charge is 2.28. The van der Waals surface area contributed by atoms with E-state index < -0.39 is 27.8 Å². The summed E-state index contributed by atoms with van der Waals surface area (Å²) in [5, 5.41) is 7.96. The minimum atomic E-state index is -4.97. The third kappa shape index (κ3) is 4.50. The van der Waals surface area contributed by atoms with Gasteiger partial charge in [-0.2, -0.15) is 13.8 Å². The normalized spacial score (nSPS) is 12.9. The third-order valence-corrected chi connectivity index (χ3v) is 4.87. The standard InChI is InChI=1S/C14H13Cl2F2N3O4S/c1-25-10-5-7(6-22)19-13(20-10)11(16)8-3-2-4-9(15)12(8)21-26(23,24)14(17)18/h2-5,11,14,21-22H,6H2,1H3. The van der Waals surface area contributed by atoms with E-state index in [-0.39, 0.29) is 33.7 Å². The predicted molar refractivity (Wildman–Crippen MR) is 92.2 cm³/mol. The number of benzene rings is 1. The highest BCUT2D eigenvalue weighted by Crippen LogP contribution is 2.37. The van der Waals surface area contributed by atoms with E-state index in [0.29, 0.717) is 0 Å². The van der Waals surface area contributed by atoms with Gasteiger partial charge >= 0.3 is 5.76 Å². The summed E-state index contributed by atoms with van der Waals surface area (Å²) in [5.41, 5.74) is -0.0544. The molecule has 2 rings (SSSR count). The van der Waals surface area contributed by atoms with Gasteiger partial charge in [-0.3, -0.25) is 4.72 Å². The fraction of sp³-hybridized carbons (Fsp3) is 0.286. The Hall–Kier alpha value is -1.75. The Kier molecular flexibility index (Phi) is 6.56. The molecular formula is C14H13Cl2F2N3O4S. The van der Waals surface area contributed by atoms with E-state index in [9.17, 15) is 22.3 Å². The lowest BCUT2D eigenvalue weighted by Crippen LogP contribution is -2.22. The second-order valence-corrected chi connectivity index (χ2v) is 7.39. The molecule has 2 N–H and O–H groups in total. The lowest BCUT2D eigenvalue weighted by molar-refractivity contribution is 0.236. The number of nitrogens with one attached hydrogen (secondary N) is 1. The Morgan fingerprint density at radius 1 is 1.35 bits per heavy atom. The molecule has 1 atom stereocenters. The quantitative estimate of drug-likeness (QED) is 0.658. The molecule has 0 saturated heterocycles. The van der Waals surface area contributed by atoms with Crippen LogP contribution in [0.4, 0.5) is 14.5 Å². The van der Waals surface area contributed by atoms with Gasteiger partial charge in [0.05, 0.1) is 30.1 Å². The van der Waals surface area contributed by atoms with E-state index in [2.05, 4.69) is 9.97 Å². The summed E-state index contributed by atoms with van der Waals surface area (Å²) in [6.45, 7) is -0.421. The fourth-order valence-corrected chi connectivity index (χ4v) is 3.14. The van der Waals surface area contributed by atoms with Gasteiger partial charge in [0.15, 0.2) is 5.82 Å². The number of hydrogen-bond donors (Lipinski definition) is 2. The second kappa shape index (κ2) is 8.30. The van der Waals surface area contributed by atoms with Crippen LogP contribution in [0, 0.1) is 0 Å². The van der Waals surface area contributed by atoms with Crippen molar-refractivity contribution >= 4 is 38.9 Å². The van der Waals surface area contributed by atoms with E-state index in [0.717, 1.165) is 0 Å². The van der Waals surface area contributed by atoms with Crippen LogP contribution in [0.3, 0.4) is 0 Å². The smallest absolute Gasteiger partial charge is 0.355 e. The summed E-state index contributed by atoms with van der Waals surface area (Å²) in [4.78, 5) is 8.07. The summed E-state index contributed by atoms with van der Waals surface area (Å²) in [5.74, 6) is -3.58. The zero-order valence-corrected chi connectivity index (χ0v) is 15.5. The van der Waals surface area contributed by atoms with Gasteiger partial charge in [0.1, 0.15) is 5.38 Å². The van der Waals surface area contributed by atoms with E-state index in [1.807, 2.05) is 0 Å². The van der Waals surface area contributed by atoms with Crippen molar-refractivity contribution in [3.63, 3.8) is 0 Å². The van der Waals surface area contributed by atoms with Crippen molar-refractivity contribution in [2.24, 2.45) is 0 Å². The van der Waals surface area contributed by atoms with E-state index >= 15 is 0 Å². The molecule has 1 unspecified atom stereocenters. The van der Waals surface area contributed by atoms with Crippen LogP contribution in [0.25, 0.3) is 0 Å². The van der Waals surface area contributed by atoms with Crippen molar-refractivity contribution in [2.75, 3.05) is 11.8 Å². The predicted octanol–water partition coefficient (Wildman–Crippen LogP) is 2.92. The number of aromatic nitrogens is 2. The van der Waals surface area contributed by atoms with Gasteiger partial charge in [0.25, 0.3) is 10.0 Å². The number of rotatable bonds is 7. The number of aliphatic hydroxyl groups excluding tert-OH is 1. The molecule has 1 aromatic heterocycles. The Bertz CT molecular complexity index is 878. The molecule has 142 valence electrons. The molecule has 12 heteroatoms. The van der Waals surface area contributed by atoms with Gasteiger partial charge in [0, 0.05) is 11.6 Å². The Labute approximate surface area is 158 Å². The fourth-order valence-electron chi connectivity index (χ4n) is 1.98. The highest BCUT2D eigenvalue weighted by molar-refractivity contribution is 7.93. The zero-order chi connectivity index (χ0) is 19.5. The number of halogens is 4. The van der Waals surface area contributed by atoms with E-state index in [4.69, 9.17) is 27.9 Å². The number of hydrogen-bond acceptors (Lipinski definition) is 6. The van der Waals surface area contributed by atoms with Crippen molar-refractivity contribution in [3.05, 3.63) is 46.4 Å². The summed E-state index contributed by atoms with van der Waals surface area (Å²) >= 11 is 12.3. The van der Waals surface area contributed by atoms with E-state index in [1.54, 1.807) is 4.72 Å². The lowest BCUT2D eigenvalue weighted by atomic mass is 10.1. The molecule has 1 heterocycles. The number of para-hydroxylation sites is 1. The molecule has 0 saturated carbocycles. The highest BCUT2D eigenvalue weighted by atomic mass is 35.5. The summed E-state index contributed by atoms with van der Waals surface area (Å²) in [6.07, 6.45) is 0. The number of aliphatic hydroxyl groups is 1. The van der Waals surface area contributed by atoms with Gasteiger partial charge < -0.3 is 9.84 Å².